The molecular weight excluding hydrogens is 427 g/mol. The van der Waals surface area contributed by atoms with Crippen LogP contribution in [0.5, 0.6) is 0 Å². The van der Waals surface area contributed by atoms with Gasteiger partial charge >= 0.3 is 170 Å². The number of esters is 1. The summed E-state index contributed by atoms with van der Waals surface area (Å²) in [4.78, 5) is 30.1. The Kier molecular flexibility index (Phi) is 6.61. The molecule has 1 aromatic carbocycles. The number of fused-ring (bicyclic) bond motifs is 1. The molecule has 1 heterocycles. The van der Waals surface area contributed by atoms with Gasteiger partial charge in [-0.25, -0.2) is 0 Å². The molecule has 27 heavy (non-hydrogen) atoms. The summed E-state index contributed by atoms with van der Waals surface area (Å²) in [6.45, 7) is 2.10. The van der Waals surface area contributed by atoms with E-state index < -0.39 is 0 Å². The van der Waals surface area contributed by atoms with Crippen molar-refractivity contribution >= 4 is 55.0 Å². The summed E-state index contributed by atoms with van der Waals surface area (Å²) in [6, 6.07) is 9.56. The number of rotatable bonds is 5. The Morgan fingerprint density at radius 3 is 2.81 bits per heavy atom. The second-order valence-electron chi connectivity index (χ2n) is 5.91. The van der Waals surface area contributed by atoms with Crippen molar-refractivity contribution < 1.29 is 14.3 Å². The summed E-state index contributed by atoms with van der Waals surface area (Å²) in [5, 5.41) is 3.27. The number of hydrogen-bond acceptors (Lipinski definition) is 5. The minimum atomic E-state index is -0.348. The third-order valence-corrected chi connectivity index (χ3v) is 5.63. The molecule has 0 unspecified atom stereocenters. The first-order valence-corrected chi connectivity index (χ1v) is 10.4. The van der Waals surface area contributed by atoms with E-state index in [0.717, 1.165) is 30.4 Å². The Labute approximate surface area is 170 Å². The molecule has 0 atom stereocenters. The fourth-order valence-electron chi connectivity index (χ4n) is 2.89. The Morgan fingerprint density at radius 2 is 2.07 bits per heavy atom. The van der Waals surface area contributed by atoms with Gasteiger partial charge in [0.2, 0.25) is 0 Å². The third-order valence-electron chi connectivity index (χ3n) is 4.04. The van der Waals surface area contributed by atoms with Crippen molar-refractivity contribution in [1.82, 2.24) is 5.32 Å². The van der Waals surface area contributed by atoms with E-state index >= 15 is 0 Å². The van der Waals surface area contributed by atoms with Crippen LogP contribution in [0.15, 0.2) is 41.4 Å². The molecule has 1 amide bonds. The average Bonchev–Trinajstić information content (AvgIpc) is 3.21. The number of benzene rings is 1. The van der Waals surface area contributed by atoms with E-state index in [1.54, 1.807) is 13.0 Å². The first kappa shape index (κ1) is 19.5. The number of amidine groups is 1. The van der Waals surface area contributed by atoms with Gasteiger partial charge in [-0.15, -0.1) is 0 Å². The van der Waals surface area contributed by atoms with Gasteiger partial charge in [0.05, 0.1) is 0 Å². The van der Waals surface area contributed by atoms with Crippen LogP contribution in [-0.2, 0) is 22.4 Å². The van der Waals surface area contributed by atoms with E-state index in [1.807, 2.05) is 30.3 Å². The van der Waals surface area contributed by atoms with Crippen LogP contribution >= 0.6 is 11.3 Å². The minimum absolute atomic E-state index is 0.293. The van der Waals surface area contributed by atoms with Gasteiger partial charge in [0, 0.05) is 0 Å². The van der Waals surface area contributed by atoms with Gasteiger partial charge in [-0.1, -0.05) is 0 Å². The van der Waals surface area contributed by atoms with E-state index in [0.29, 0.717) is 21.9 Å². The van der Waals surface area contributed by atoms with Gasteiger partial charge in [-0.05, 0) is 0 Å². The van der Waals surface area contributed by atoms with E-state index in [9.17, 15) is 9.59 Å². The van der Waals surface area contributed by atoms with Crippen LogP contribution in [0.4, 0.5) is 5.00 Å². The maximum atomic E-state index is 12.4. The Balaban J connectivity index is 1.75. The van der Waals surface area contributed by atoms with Crippen molar-refractivity contribution in [3.8, 4) is 0 Å². The molecule has 3 rings (SSSR count). The molecule has 0 bridgehead atoms. The SMILES string of the molecule is CCOC(=O)c1c(N=C([Se])NC(=O)C=Cc2ccccc2)sc2c1CCC2. The molecule has 0 spiro atoms. The van der Waals surface area contributed by atoms with Crippen LogP contribution in [0.3, 0.4) is 0 Å². The molecule has 0 aliphatic heterocycles. The molecule has 5 nitrogen and oxygen atoms in total. The van der Waals surface area contributed by atoms with Crippen LogP contribution in [0, 0.1) is 0 Å². The van der Waals surface area contributed by atoms with E-state index in [2.05, 4.69) is 26.3 Å². The zero-order valence-corrected chi connectivity index (χ0v) is 17.4. The van der Waals surface area contributed by atoms with E-state index in [1.165, 1.54) is 22.3 Å². The van der Waals surface area contributed by atoms with Crippen LogP contribution in [-0.4, -0.2) is 39.2 Å². The van der Waals surface area contributed by atoms with Crippen molar-refractivity contribution in [2.75, 3.05) is 6.61 Å². The fraction of sp³-hybridized carbons (Fsp3) is 0.250. The zero-order valence-electron chi connectivity index (χ0n) is 14.9. The van der Waals surface area contributed by atoms with Crippen molar-refractivity contribution in [1.29, 1.82) is 0 Å². The summed E-state index contributed by atoms with van der Waals surface area (Å²) in [7, 11) is 0. The molecule has 7 heteroatoms. The van der Waals surface area contributed by atoms with Gasteiger partial charge in [0.1, 0.15) is 0 Å². The molecule has 0 saturated carbocycles. The van der Waals surface area contributed by atoms with Gasteiger partial charge < -0.3 is 0 Å². The molecular formula is C20H19N2O3SSe. The number of nitrogens with one attached hydrogen (secondary N) is 1. The molecule has 0 fully saturated rings. The Hall–Kier alpha value is -2.21. The topological polar surface area (TPSA) is 67.8 Å². The Morgan fingerprint density at radius 1 is 1.30 bits per heavy atom. The normalized spacial score (nSPS) is 13.6. The van der Waals surface area contributed by atoms with Crippen molar-refractivity contribution in [3.05, 3.63) is 58.0 Å². The summed E-state index contributed by atoms with van der Waals surface area (Å²) in [5.74, 6) is -0.642. The molecule has 0 saturated heterocycles. The summed E-state index contributed by atoms with van der Waals surface area (Å²) in [6.07, 6.45) is 6.04. The van der Waals surface area contributed by atoms with Crippen LogP contribution < -0.4 is 5.32 Å². The fourth-order valence-corrected chi connectivity index (χ4v) is 4.67. The summed E-state index contributed by atoms with van der Waals surface area (Å²) in [5.41, 5.74) is 2.52. The molecule has 2 aromatic rings. The molecule has 139 valence electrons. The van der Waals surface area contributed by atoms with E-state index in [4.69, 9.17) is 4.74 Å². The first-order valence-electron chi connectivity index (χ1n) is 8.70. The Bertz CT molecular complexity index is 903. The molecule has 1 aliphatic carbocycles. The van der Waals surface area contributed by atoms with Gasteiger partial charge in [-0.2, -0.15) is 0 Å². The van der Waals surface area contributed by atoms with Crippen LogP contribution in [0.25, 0.3) is 6.08 Å². The summed E-state index contributed by atoms with van der Waals surface area (Å²) >= 11 is 4.25. The third kappa shape index (κ3) is 4.95. The number of amides is 1. The second kappa shape index (κ2) is 9.13. The number of hydrogen-bond donors (Lipinski definition) is 1. The molecule has 1 aliphatic rings. The standard InChI is InChI=1S/C20H19N2O3SSe/c1-2-25-19(24)17-14-9-6-10-15(14)26-18(17)22-20(27)21-16(23)12-11-13-7-4-3-5-8-13/h3-5,7-8,11-12H,2,6,9-10H2,1H3,(H,21,22,23). The number of carbonyl (C=O) groups is 2. The van der Waals surface area contributed by atoms with Gasteiger partial charge in [0.25, 0.3) is 0 Å². The quantitative estimate of drug-likeness (QED) is 0.252. The van der Waals surface area contributed by atoms with Crippen molar-refractivity contribution in [2.45, 2.75) is 26.2 Å². The van der Waals surface area contributed by atoms with Crippen LogP contribution in [0.1, 0.15) is 39.7 Å². The van der Waals surface area contributed by atoms with Gasteiger partial charge in [0.15, 0.2) is 0 Å². The van der Waals surface area contributed by atoms with Gasteiger partial charge in [-0.3, -0.25) is 0 Å². The predicted molar refractivity (Wildman–Crippen MR) is 109 cm³/mol. The summed E-state index contributed by atoms with van der Waals surface area (Å²) < 4.78 is 5.51. The zero-order chi connectivity index (χ0) is 19.2. The second-order valence-corrected chi connectivity index (χ2v) is 7.80. The molecule has 1 N–H and O–H groups in total. The molecule has 1 aromatic heterocycles. The molecule has 1 radical (unpaired) electrons. The number of thiophene rings is 1. The number of ether oxygens (including phenoxy) is 1. The maximum absolute atomic E-state index is 12.4. The first-order chi connectivity index (χ1) is 13.1. The number of aliphatic imine (C=N–C) groups is 1. The average molecular weight is 446 g/mol. The number of aryl methyl sites for hydroxylation is 1. The monoisotopic (exact) mass is 447 g/mol. The predicted octanol–water partition coefficient (Wildman–Crippen LogP) is 3.40. The van der Waals surface area contributed by atoms with E-state index in [-0.39, 0.29) is 11.9 Å². The van der Waals surface area contributed by atoms with Crippen molar-refractivity contribution in [2.24, 2.45) is 4.99 Å². The van der Waals surface area contributed by atoms with Crippen LogP contribution in [0.2, 0.25) is 0 Å². The van der Waals surface area contributed by atoms with Crippen molar-refractivity contribution in [3.63, 3.8) is 0 Å². The number of nitrogens with zero attached hydrogens (tertiary/aromatic N) is 1. The number of carbonyl (C=O) groups excluding carboxylic acids is 2.